The summed E-state index contributed by atoms with van der Waals surface area (Å²) >= 11 is 0. The fourth-order valence-electron chi connectivity index (χ4n) is 4.23. The molecule has 1 atom stereocenters. The molecule has 0 bridgehead atoms. The van der Waals surface area contributed by atoms with Crippen molar-refractivity contribution in [2.75, 3.05) is 13.1 Å². The van der Waals surface area contributed by atoms with E-state index in [0.29, 0.717) is 23.4 Å². The van der Waals surface area contributed by atoms with Gasteiger partial charge in [-0.3, -0.25) is 14.5 Å². The van der Waals surface area contributed by atoms with Crippen LogP contribution in [0.1, 0.15) is 69.9 Å². The summed E-state index contributed by atoms with van der Waals surface area (Å²) in [5.74, 6) is 0.579. The lowest BCUT2D eigenvalue weighted by Crippen LogP contribution is -2.33. The lowest BCUT2D eigenvalue weighted by molar-refractivity contribution is 0.0945. The molecule has 3 rings (SSSR count). The predicted octanol–water partition coefficient (Wildman–Crippen LogP) is 4.00. The third-order valence-corrected chi connectivity index (χ3v) is 5.64. The zero-order valence-corrected chi connectivity index (χ0v) is 17.4. The number of hydrogen-bond donors (Lipinski definition) is 2. The van der Waals surface area contributed by atoms with Gasteiger partial charge in [-0.2, -0.15) is 0 Å². The minimum Gasteiger partial charge on any atom is -0.354 e. The Morgan fingerprint density at radius 3 is 2.46 bits per heavy atom. The minimum atomic E-state index is -0.181. The second-order valence-electron chi connectivity index (χ2n) is 8.16. The van der Waals surface area contributed by atoms with E-state index >= 15 is 0 Å². The molecule has 0 radical (unpaired) electrons. The van der Waals surface area contributed by atoms with Gasteiger partial charge in [-0.05, 0) is 62.8 Å². The molecule has 2 aromatic rings. The maximum atomic E-state index is 12.5. The maximum absolute atomic E-state index is 12.5. The van der Waals surface area contributed by atoms with Crippen molar-refractivity contribution < 1.29 is 9.59 Å². The number of nitrogens with zero attached hydrogens (tertiary/aromatic N) is 1. The number of rotatable bonds is 6. The van der Waals surface area contributed by atoms with Gasteiger partial charge < -0.3 is 10.3 Å². The third-order valence-electron chi connectivity index (χ3n) is 5.64. The number of benzene rings is 1. The fourth-order valence-corrected chi connectivity index (χ4v) is 4.23. The van der Waals surface area contributed by atoms with Crippen LogP contribution < -0.4 is 5.32 Å². The van der Waals surface area contributed by atoms with Crippen LogP contribution in [0.5, 0.6) is 0 Å². The number of H-pyrrole nitrogens is 1. The van der Waals surface area contributed by atoms with Crippen LogP contribution in [-0.4, -0.2) is 34.7 Å². The zero-order valence-electron chi connectivity index (χ0n) is 17.4. The quantitative estimate of drug-likeness (QED) is 0.744. The Morgan fingerprint density at radius 1 is 1.18 bits per heavy atom. The van der Waals surface area contributed by atoms with Crippen molar-refractivity contribution >= 4 is 11.7 Å². The molecule has 28 heavy (non-hydrogen) atoms. The Balaban J connectivity index is 1.57. The summed E-state index contributed by atoms with van der Waals surface area (Å²) in [7, 11) is 0. The molecule has 5 heteroatoms. The normalized spacial score (nSPS) is 17.5. The highest BCUT2D eigenvalue weighted by Gasteiger charge is 2.19. The van der Waals surface area contributed by atoms with Crippen molar-refractivity contribution in [3.8, 4) is 0 Å². The molecule has 1 fully saturated rings. The van der Waals surface area contributed by atoms with Crippen LogP contribution >= 0.6 is 0 Å². The number of amides is 1. The van der Waals surface area contributed by atoms with Crippen molar-refractivity contribution in [1.82, 2.24) is 15.2 Å². The predicted molar refractivity (Wildman–Crippen MR) is 112 cm³/mol. The molecular weight excluding hydrogens is 350 g/mol. The first-order valence-electron chi connectivity index (χ1n) is 10.1. The molecular formula is C23H31N3O2. The van der Waals surface area contributed by atoms with Gasteiger partial charge in [-0.25, -0.2) is 0 Å². The standard InChI is InChI=1S/C23H31N3O2/c1-15-6-5-11-26(13-15)14-20-9-7-19(8-10-20)12-24-23(28)22-16(2)21(18(4)27)17(3)25-22/h7-10,15,25H,5-6,11-14H2,1-4H3,(H,24,28). The van der Waals surface area contributed by atoms with Crippen LogP contribution in [0.15, 0.2) is 24.3 Å². The highest BCUT2D eigenvalue weighted by molar-refractivity contribution is 6.02. The summed E-state index contributed by atoms with van der Waals surface area (Å²) in [6.07, 6.45) is 2.62. The van der Waals surface area contributed by atoms with Crippen molar-refractivity contribution in [2.24, 2.45) is 5.92 Å². The number of aromatic amines is 1. The van der Waals surface area contributed by atoms with E-state index < -0.39 is 0 Å². The van der Waals surface area contributed by atoms with E-state index in [1.807, 2.05) is 13.8 Å². The molecule has 150 valence electrons. The summed E-state index contributed by atoms with van der Waals surface area (Å²) in [5, 5.41) is 2.95. The number of likely N-dealkylation sites (tertiary alicyclic amines) is 1. The second kappa shape index (κ2) is 8.74. The third kappa shape index (κ3) is 4.71. The number of piperidine rings is 1. The lowest BCUT2D eigenvalue weighted by Gasteiger charge is -2.30. The average Bonchev–Trinajstić information content (AvgIpc) is 2.95. The van der Waals surface area contributed by atoms with Gasteiger partial charge >= 0.3 is 0 Å². The van der Waals surface area contributed by atoms with Crippen LogP contribution in [0.25, 0.3) is 0 Å². The highest BCUT2D eigenvalue weighted by Crippen LogP contribution is 2.19. The monoisotopic (exact) mass is 381 g/mol. The van der Waals surface area contributed by atoms with E-state index in [4.69, 9.17) is 0 Å². The van der Waals surface area contributed by atoms with Crippen molar-refractivity contribution in [3.05, 3.63) is 57.9 Å². The van der Waals surface area contributed by atoms with Gasteiger partial charge in [0.25, 0.3) is 5.91 Å². The second-order valence-corrected chi connectivity index (χ2v) is 8.16. The SMILES string of the molecule is CC(=O)c1c(C)[nH]c(C(=O)NCc2ccc(CN3CCCC(C)C3)cc2)c1C. The van der Waals surface area contributed by atoms with Crippen LogP contribution in [0, 0.1) is 19.8 Å². The topological polar surface area (TPSA) is 65.2 Å². The van der Waals surface area contributed by atoms with Gasteiger partial charge in [-0.15, -0.1) is 0 Å². The van der Waals surface area contributed by atoms with Crippen molar-refractivity contribution in [1.29, 1.82) is 0 Å². The number of Topliss-reactive ketones (excluding diaryl/α,β-unsaturated/α-hetero) is 1. The first-order valence-corrected chi connectivity index (χ1v) is 10.1. The van der Waals surface area contributed by atoms with Crippen LogP contribution in [0.2, 0.25) is 0 Å². The van der Waals surface area contributed by atoms with Gasteiger partial charge in [-0.1, -0.05) is 31.2 Å². The molecule has 1 aromatic carbocycles. The first-order chi connectivity index (χ1) is 13.3. The summed E-state index contributed by atoms with van der Waals surface area (Å²) < 4.78 is 0. The molecule has 1 aromatic heterocycles. The lowest BCUT2D eigenvalue weighted by atomic mass is 9.99. The Morgan fingerprint density at radius 2 is 1.86 bits per heavy atom. The van der Waals surface area contributed by atoms with E-state index in [0.717, 1.165) is 23.7 Å². The average molecular weight is 382 g/mol. The number of carbonyl (C=O) groups is 2. The van der Waals surface area contributed by atoms with Crippen molar-refractivity contribution in [3.63, 3.8) is 0 Å². The Kier molecular flexibility index (Phi) is 6.35. The van der Waals surface area contributed by atoms with E-state index in [1.165, 1.54) is 38.4 Å². The molecule has 2 heterocycles. The molecule has 0 spiro atoms. The van der Waals surface area contributed by atoms with Crippen LogP contribution in [0.3, 0.4) is 0 Å². The van der Waals surface area contributed by atoms with Gasteiger partial charge in [0, 0.05) is 30.9 Å². The minimum absolute atomic E-state index is 0.0241. The van der Waals surface area contributed by atoms with Crippen LogP contribution in [0.4, 0.5) is 0 Å². The van der Waals surface area contributed by atoms with E-state index in [-0.39, 0.29) is 11.7 Å². The van der Waals surface area contributed by atoms with E-state index in [9.17, 15) is 9.59 Å². The zero-order chi connectivity index (χ0) is 20.3. The number of ketones is 1. The van der Waals surface area contributed by atoms with E-state index in [1.54, 1.807) is 0 Å². The molecule has 5 nitrogen and oxygen atoms in total. The smallest absolute Gasteiger partial charge is 0.268 e. The molecule has 1 saturated heterocycles. The van der Waals surface area contributed by atoms with Crippen LogP contribution in [-0.2, 0) is 13.1 Å². The molecule has 0 aliphatic carbocycles. The number of aromatic nitrogens is 1. The Labute approximate surface area is 167 Å². The first kappa shape index (κ1) is 20.3. The van der Waals surface area contributed by atoms with E-state index in [2.05, 4.69) is 46.4 Å². The largest absolute Gasteiger partial charge is 0.354 e. The molecule has 0 saturated carbocycles. The summed E-state index contributed by atoms with van der Waals surface area (Å²) in [5.41, 5.74) is 4.92. The molecule has 1 unspecified atom stereocenters. The van der Waals surface area contributed by atoms with Crippen molar-refractivity contribution in [2.45, 2.75) is 53.6 Å². The molecule has 1 amide bonds. The number of aryl methyl sites for hydroxylation is 1. The van der Waals surface area contributed by atoms with Gasteiger partial charge in [0.15, 0.2) is 5.78 Å². The summed E-state index contributed by atoms with van der Waals surface area (Å²) in [6, 6.07) is 8.46. The Bertz CT molecular complexity index is 851. The molecule has 1 aliphatic rings. The maximum Gasteiger partial charge on any atom is 0.268 e. The number of hydrogen-bond acceptors (Lipinski definition) is 3. The number of carbonyl (C=O) groups excluding carboxylic acids is 2. The highest BCUT2D eigenvalue weighted by atomic mass is 16.2. The summed E-state index contributed by atoms with van der Waals surface area (Å²) in [6.45, 7) is 11.3. The van der Waals surface area contributed by atoms with Gasteiger partial charge in [0.2, 0.25) is 0 Å². The molecule has 2 N–H and O–H groups in total. The molecule has 1 aliphatic heterocycles. The van der Waals surface area contributed by atoms with Gasteiger partial charge in [0.1, 0.15) is 5.69 Å². The van der Waals surface area contributed by atoms with Gasteiger partial charge in [0.05, 0.1) is 0 Å². The Hall–Kier alpha value is -2.40. The number of nitrogens with one attached hydrogen (secondary N) is 2. The fraction of sp³-hybridized carbons (Fsp3) is 0.478. The summed E-state index contributed by atoms with van der Waals surface area (Å²) in [4.78, 5) is 29.8.